The van der Waals surface area contributed by atoms with Gasteiger partial charge in [0.1, 0.15) is 0 Å². The number of nitrogens with zero attached hydrogens (tertiary/aromatic N) is 2. The number of rotatable bonds is 5. The van der Waals surface area contributed by atoms with Crippen LogP contribution in [-0.4, -0.2) is 53.8 Å². The van der Waals surface area contributed by atoms with Crippen LogP contribution in [0.3, 0.4) is 0 Å². The summed E-state index contributed by atoms with van der Waals surface area (Å²) in [6, 6.07) is 10.7. The van der Waals surface area contributed by atoms with Crippen molar-refractivity contribution in [3.63, 3.8) is 0 Å². The lowest BCUT2D eigenvalue weighted by atomic mass is 10.0. The first-order valence-electron chi connectivity index (χ1n) is 8.94. The van der Waals surface area contributed by atoms with Crippen LogP contribution in [0.15, 0.2) is 30.3 Å². The van der Waals surface area contributed by atoms with Gasteiger partial charge in [-0.2, -0.15) is 0 Å². The molecule has 132 valence electrons. The topological polar surface area (TPSA) is 52.7 Å². The van der Waals surface area contributed by atoms with Gasteiger partial charge in [-0.05, 0) is 18.4 Å². The van der Waals surface area contributed by atoms with Gasteiger partial charge in [-0.25, -0.2) is 0 Å². The van der Waals surface area contributed by atoms with Gasteiger partial charge in [0.2, 0.25) is 11.8 Å². The van der Waals surface area contributed by atoms with E-state index in [-0.39, 0.29) is 30.3 Å². The maximum absolute atomic E-state index is 12.3. The third-order valence-corrected chi connectivity index (χ3v) is 5.14. The normalized spacial score (nSPS) is 22.0. The molecule has 0 aliphatic carbocycles. The van der Waals surface area contributed by atoms with E-state index in [4.69, 9.17) is 6.42 Å². The molecule has 2 amide bonds. The van der Waals surface area contributed by atoms with Crippen molar-refractivity contribution in [2.75, 3.05) is 26.2 Å². The average molecular weight is 339 g/mol. The molecule has 5 heteroatoms. The highest BCUT2D eigenvalue weighted by Gasteiger charge is 2.38. The molecule has 0 spiro atoms. The van der Waals surface area contributed by atoms with E-state index in [1.165, 1.54) is 5.56 Å². The molecular weight excluding hydrogens is 314 g/mol. The summed E-state index contributed by atoms with van der Waals surface area (Å²) in [5, 5.41) is 2.69. The summed E-state index contributed by atoms with van der Waals surface area (Å²) in [6.45, 7) is 3.67. The van der Waals surface area contributed by atoms with Crippen LogP contribution >= 0.6 is 0 Å². The third-order valence-electron chi connectivity index (χ3n) is 5.14. The van der Waals surface area contributed by atoms with E-state index in [1.54, 1.807) is 0 Å². The quantitative estimate of drug-likeness (QED) is 0.822. The molecule has 1 N–H and O–H groups in total. The molecular formula is C20H25N3O2. The molecule has 3 rings (SSSR count). The van der Waals surface area contributed by atoms with Gasteiger partial charge in [-0.1, -0.05) is 36.3 Å². The zero-order chi connectivity index (χ0) is 17.6. The predicted octanol–water partition coefficient (Wildman–Crippen LogP) is 1.25. The summed E-state index contributed by atoms with van der Waals surface area (Å²) in [5.74, 6) is 2.13. The Kier molecular flexibility index (Phi) is 5.72. The van der Waals surface area contributed by atoms with Crippen LogP contribution in [0.4, 0.5) is 0 Å². The number of benzene rings is 1. The van der Waals surface area contributed by atoms with Crippen LogP contribution in [0.5, 0.6) is 0 Å². The Morgan fingerprint density at radius 1 is 1.24 bits per heavy atom. The summed E-state index contributed by atoms with van der Waals surface area (Å²) < 4.78 is 0. The van der Waals surface area contributed by atoms with E-state index in [2.05, 4.69) is 40.4 Å². The van der Waals surface area contributed by atoms with Crippen molar-refractivity contribution in [3.05, 3.63) is 35.9 Å². The number of likely N-dealkylation sites (tertiary alicyclic amines) is 2. The van der Waals surface area contributed by atoms with Gasteiger partial charge >= 0.3 is 0 Å². The number of hydrogen-bond donors (Lipinski definition) is 1. The van der Waals surface area contributed by atoms with Gasteiger partial charge in [0.05, 0.1) is 12.5 Å². The van der Waals surface area contributed by atoms with Crippen molar-refractivity contribution in [1.82, 2.24) is 15.1 Å². The molecule has 0 radical (unpaired) electrons. The first-order valence-corrected chi connectivity index (χ1v) is 8.94. The number of carbonyl (C=O) groups excluding carboxylic acids is 2. The monoisotopic (exact) mass is 339 g/mol. The zero-order valence-electron chi connectivity index (χ0n) is 14.5. The van der Waals surface area contributed by atoms with Gasteiger partial charge < -0.3 is 10.2 Å². The molecule has 1 aromatic carbocycles. The Labute approximate surface area is 149 Å². The van der Waals surface area contributed by atoms with Crippen LogP contribution in [0, 0.1) is 18.3 Å². The van der Waals surface area contributed by atoms with Gasteiger partial charge in [-0.3, -0.25) is 14.5 Å². The Morgan fingerprint density at radius 2 is 1.96 bits per heavy atom. The molecule has 2 fully saturated rings. The molecule has 2 heterocycles. The molecule has 0 aromatic heterocycles. The van der Waals surface area contributed by atoms with Crippen molar-refractivity contribution in [2.24, 2.45) is 5.92 Å². The highest BCUT2D eigenvalue weighted by Crippen LogP contribution is 2.26. The predicted molar refractivity (Wildman–Crippen MR) is 96.4 cm³/mol. The minimum atomic E-state index is -0.261. The second-order valence-corrected chi connectivity index (χ2v) is 6.86. The largest absolute Gasteiger partial charge is 0.345 e. The Morgan fingerprint density at radius 3 is 2.64 bits per heavy atom. The molecule has 2 saturated heterocycles. The number of piperidine rings is 1. The number of carbonyl (C=O) groups is 2. The van der Waals surface area contributed by atoms with Gasteiger partial charge in [0.25, 0.3) is 0 Å². The lowest BCUT2D eigenvalue weighted by Crippen LogP contribution is -2.45. The zero-order valence-corrected chi connectivity index (χ0v) is 14.5. The van der Waals surface area contributed by atoms with E-state index in [0.717, 1.165) is 32.5 Å². The molecule has 25 heavy (non-hydrogen) atoms. The minimum absolute atomic E-state index is 0.0994. The van der Waals surface area contributed by atoms with E-state index < -0.39 is 0 Å². The van der Waals surface area contributed by atoms with E-state index in [9.17, 15) is 9.59 Å². The average Bonchev–Trinajstić information content (AvgIpc) is 3.03. The number of hydrogen-bond acceptors (Lipinski definition) is 3. The Hall–Kier alpha value is -2.32. The van der Waals surface area contributed by atoms with Crippen molar-refractivity contribution in [1.29, 1.82) is 0 Å². The lowest BCUT2D eigenvalue weighted by Gasteiger charge is -2.36. The van der Waals surface area contributed by atoms with Gasteiger partial charge in [-0.15, -0.1) is 6.42 Å². The SMILES string of the molecule is C#CCNC(=O)C1CC(=O)N(C2CCN(Cc3ccccc3)CC2)C1. The summed E-state index contributed by atoms with van der Waals surface area (Å²) in [7, 11) is 0. The first kappa shape index (κ1) is 17.5. The van der Waals surface area contributed by atoms with Crippen molar-refractivity contribution in [2.45, 2.75) is 31.8 Å². The first-order chi connectivity index (χ1) is 12.2. The number of nitrogens with one attached hydrogen (secondary N) is 1. The molecule has 1 atom stereocenters. The number of terminal acetylenes is 1. The second kappa shape index (κ2) is 8.17. The van der Waals surface area contributed by atoms with Crippen LogP contribution in [0.1, 0.15) is 24.8 Å². The van der Waals surface area contributed by atoms with Gasteiger partial charge in [0.15, 0.2) is 0 Å². The maximum Gasteiger partial charge on any atom is 0.226 e. The van der Waals surface area contributed by atoms with Crippen LogP contribution in [-0.2, 0) is 16.1 Å². The highest BCUT2D eigenvalue weighted by molar-refractivity contribution is 5.89. The molecule has 1 aromatic rings. The summed E-state index contributed by atoms with van der Waals surface area (Å²) >= 11 is 0. The molecule has 5 nitrogen and oxygen atoms in total. The molecule has 0 saturated carbocycles. The molecule has 1 unspecified atom stereocenters. The van der Waals surface area contributed by atoms with Crippen LogP contribution in [0.2, 0.25) is 0 Å². The summed E-state index contributed by atoms with van der Waals surface area (Å²) in [4.78, 5) is 28.7. The Bertz CT molecular complexity index is 645. The Balaban J connectivity index is 1.49. The summed E-state index contributed by atoms with van der Waals surface area (Å²) in [5.41, 5.74) is 1.32. The lowest BCUT2D eigenvalue weighted by molar-refractivity contribution is -0.131. The van der Waals surface area contributed by atoms with E-state index >= 15 is 0 Å². The fourth-order valence-corrected chi connectivity index (χ4v) is 3.77. The smallest absolute Gasteiger partial charge is 0.226 e. The van der Waals surface area contributed by atoms with Crippen LogP contribution in [0.25, 0.3) is 0 Å². The fraction of sp³-hybridized carbons (Fsp3) is 0.500. The highest BCUT2D eigenvalue weighted by atomic mass is 16.2. The standard InChI is InChI=1S/C20H25N3O2/c1-2-10-21-20(25)17-13-19(24)23(15-17)18-8-11-22(12-9-18)14-16-6-4-3-5-7-16/h1,3-7,17-18H,8-15H2,(H,21,25). The van der Waals surface area contributed by atoms with Gasteiger partial charge in [0, 0.05) is 38.6 Å². The van der Waals surface area contributed by atoms with Crippen LogP contribution < -0.4 is 5.32 Å². The molecule has 2 aliphatic rings. The third kappa shape index (κ3) is 4.40. The maximum atomic E-state index is 12.3. The van der Waals surface area contributed by atoms with Crippen molar-refractivity contribution < 1.29 is 9.59 Å². The summed E-state index contributed by atoms with van der Waals surface area (Å²) in [6.07, 6.45) is 7.41. The van der Waals surface area contributed by atoms with E-state index in [1.807, 2.05) is 11.0 Å². The minimum Gasteiger partial charge on any atom is -0.345 e. The van der Waals surface area contributed by atoms with Crippen molar-refractivity contribution in [3.8, 4) is 12.3 Å². The number of amides is 2. The van der Waals surface area contributed by atoms with E-state index in [0.29, 0.717) is 13.0 Å². The molecule has 2 aliphatic heterocycles. The van der Waals surface area contributed by atoms with Crippen molar-refractivity contribution >= 4 is 11.8 Å². The molecule has 0 bridgehead atoms. The fourth-order valence-electron chi connectivity index (χ4n) is 3.77. The second-order valence-electron chi connectivity index (χ2n) is 6.86.